The van der Waals surface area contributed by atoms with Crippen LogP contribution in [-0.4, -0.2) is 0 Å². The zero-order valence-electron chi connectivity index (χ0n) is 33.7. The summed E-state index contributed by atoms with van der Waals surface area (Å²) in [5.74, 6) is 6.69. The molecule has 0 N–H and O–H groups in total. The van der Waals surface area contributed by atoms with E-state index in [-0.39, 0.29) is 0 Å². The van der Waals surface area contributed by atoms with Gasteiger partial charge in [0.05, 0.1) is 5.69 Å². The third-order valence-electron chi connectivity index (χ3n) is 12.2. The Morgan fingerprint density at radius 1 is 0.475 bits per heavy atom. The van der Waals surface area contributed by atoms with E-state index in [1.54, 1.807) is 0 Å². The molecule has 61 heavy (non-hydrogen) atoms. The average molecular weight is 780 g/mol. The van der Waals surface area contributed by atoms with Gasteiger partial charge in [-0.05, 0) is 110 Å². The summed E-state index contributed by atoms with van der Waals surface area (Å²) < 4.78 is 6.41. The molecule has 288 valence electrons. The summed E-state index contributed by atoms with van der Waals surface area (Å²) in [6.07, 6.45) is 9.01. The highest BCUT2D eigenvalue weighted by Gasteiger charge is 2.23. The van der Waals surface area contributed by atoms with Gasteiger partial charge in [0, 0.05) is 40.0 Å². The molecule has 0 radical (unpaired) electrons. The predicted molar refractivity (Wildman–Crippen MR) is 255 cm³/mol. The van der Waals surface area contributed by atoms with Gasteiger partial charge in [-0.15, -0.1) is 0 Å². The fourth-order valence-corrected chi connectivity index (χ4v) is 9.14. The van der Waals surface area contributed by atoms with Crippen LogP contribution in [0.2, 0.25) is 0 Å². The summed E-state index contributed by atoms with van der Waals surface area (Å²) in [5, 5.41) is 4.73. The molecule has 0 aliphatic heterocycles. The lowest BCUT2D eigenvalue weighted by molar-refractivity contribution is 0.576. The smallest absolute Gasteiger partial charge is 0.144 e. The quantitative estimate of drug-likeness (QED) is 0.143. The number of allylic oxidation sites excluding steroid dienone is 4. The van der Waals surface area contributed by atoms with E-state index in [0.717, 1.165) is 51.4 Å². The normalized spacial score (nSPS) is 13.3. The lowest BCUT2D eigenvalue weighted by Gasteiger charge is -2.32. The number of para-hydroxylation sites is 2. The summed E-state index contributed by atoms with van der Waals surface area (Å²) in [6, 6.07) is 70.0. The molecule has 2 aliphatic carbocycles. The van der Waals surface area contributed by atoms with Crippen LogP contribution < -0.4 is 15.5 Å². The van der Waals surface area contributed by atoms with Crippen molar-refractivity contribution >= 4 is 50.3 Å². The molecule has 11 rings (SSSR count). The number of anilines is 2. The minimum absolute atomic E-state index is 0.617. The van der Waals surface area contributed by atoms with Crippen molar-refractivity contribution in [3.63, 3.8) is 0 Å². The van der Waals surface area contributed by atoms with Gasteiger partial charge in [-0.25, -0.2) is 0 Å². The van der Waals surface area contributed by atoms with E-state index in [4.69, 9.17) is 4.42 Å². The van der Waals surface area contributed by atoms with Crippen LogP contribution in [0.15, 0.2) is 216 Å². The Hall–Kier alpha value is -7.86. The van der Waals surface area contributed by atoms with Crippen LogP contribution in [0.1, 0.15) is 30.4 Å². The number of benzene rings is 8. The molecule has 2 nitrogen and oxygen atoms in total. The molecule has 0 spiro atoms. The number of furan rings is 1. The molecule has 0 amide bonds. The topological polar surface area (TPSA) is 16.4 Å². The van der Waals surface area contributed by atoms with Gasteiger partial charge in [0.25, 0.3) is 0 Å². The number of hydrogen-bond donors (Lipinski definition) is 0. The second kappa shape index (κ2) is 15.7. The molecule has 2 aliphatic rings. The number of hydrogen-bond acceptors (Lipinski definition) is 2. The molecule has 9 aromatic rings. The second-order valence-corrected chi connectivity index (χ2v) is 15.8. The van der Waals surface area contributed by atoms with Crippen LogP contribution in [0.25, 0.3) is 72.3 Å². The van der Waals surface area contributed by atoms with E-state index in [0.29, 0.717) is 6.42 Å². The standard InChI is InChI=1S/C59H41NO/c1-2-14-41(15-3-1)42-28-30-43(31-29-42)44-32-36-49(37-33-44)60(56-25-9-6-21-53(56)54-22-7-11-27-58-59(54)55-23-8-10-26-57(55)61-58)50-38-34-45(35-39-50)47-18-12-19-48(40-47)52-24-13-17-46-16-4-5-20-51(46)52/h1-6,8-10,12-21,23-32,34-36,38-40H,22,33,37H2. The lowest BCUT2D eigenvalue weighted by Crippen LogP contribution is -2.25. The zero-order valence-corrected chi connectivity index (χ0v) is 33.7. The Labute approximate surface area is 356 Å². The first kappa shape index (κ1) is 36.2. The Morgan fingerprint density at radius 2 is 1.11 bits per heavy atom. The van der Waals surface area contributed by atoms with E-state index in [2.05, 4.69) is 211 Å². The van der Waals surface area contributed by atoms with E-state index in [1.807, 2.05) is 18.2 Å². The largest absolute Gasteiger partial charge is 0.455 e. The summed E-state index contributed by atoms with van der Waals surface area (Å²) in [6.45, 7) is 0. The Kier molecular flexibility index (Phi) is 9.34. The van der Waals surface area contributed by atoms with Crippen LogP contribution >= 0.6 is 0 Å². The molecule has 1 aromatic heterocycles. The molecular formula is C59H41NO. The van der Waals surface area contributed by atoms with Gasteiger partial charge < -0.3 is 9.32 Å². The lowest BCUT2D eigenvalue weighted by atomic mass is 9.92. The number of nitrogens with zero attached hydrogens (tertiary/aromatic N) is 1. The van der Waals surface area contributed by atoms with Crippen molar-refractivity contribution in [3.05, 3.63) is 234 Å². The van der Waals surface area contributed by atoms with Gasteiger partial charge >= 0.3 is 0 Å². The van der Waals surface area contributed by atoms with Crippen LogP contribution in [0, 0.1) is 11.8 Å². The molecule has 0 atom stereocenters. The van der Waals surface area contributed by atoms with Gasteiger partial charge in [0.15, 0.2) is 0 Å². The van der Waals surface area contributed by atoms with E-state index < -0.39 is 0 Å². The van der Waals surface area contributed by atoms with Crippen LogP contribution in [0.3, 0.4) is 0 Å². The monoisotopic (exact) mass is 779 g/mol. The maximum absolute atomic E-state index is 6.41. The first-order chi connectivity index (χ1) is 30.2. The van der Waals surface area contributed by atoms with Crippen LogP contribution in [0.4, 0.5) is 11.4 Å². The van der Waals surface area contributed by atoms with Crippen LogP contribution in [-0.2, 0) is 0 Å². The van der Waals surface area contributed by atoms with Gasteiger partial charge in [0.2, 0.25) is 0 Å². The highest BCUT2D eigenvalue weighted by molar-refractivity contribution is 5.97. The van der Waals surface area contributed by atoms with Crippen molar-refractivity contribution < 1.29 is 4.42 Å². The maximum atomic E-state index is 6.41. The summed E-state index contributed by atoms with van der Waals surface area (Å²) in [4.78, 5) is 2.47. The first-order valence-electron chi connectivity index (χ1n) is 21.1. The number of fused-ring (bicyclic) bond motifs is 4. The number of rotatable bonds is 8. The minimum atomic E-state index is 0.617. The van der Waals surface area contributed by atoms with Crippen molar-refractivity contribution in [1.29, 1.82) is 0 Å². The van der Waals surface area contributed by atoms with Gasteiger partial charge in [-0.1, -0.05) is 182 Å². The molecule has 0 fully saturated rings. The van der Waals surface area contributed by atoms with Gasteiger partial charge in [0.1, 0.15) is 11.0 Å². The van der Waals surface area contributed by atoms with Gasteiger partial charge in [-0.2, -0.15) is 0 Å². The molecule has 0 saturated carbocycles. The second-order valence-electron chi connectivity index (χ2n) is 15.8. The van der Waals surface area contributed by atoms with E-state index in [1.165, 1.54) is 66.6 Å². The molecule has 0 saturated heterocycles. The van der Waals surface area contributed by atoms with E-state index >= 15 is 0 Å². The Bertz CT molecular complexity index is 3370. The summed E-state index contributed by atoms with van der Waals surface area (Å²) in [5.41, 5.74) is 17.4. The predicted octanol–water partition coefficient (Wildman–Crippen LogP) is 13.9. The van der Waals surface area contributed by atoms with Crippen LogP contribution in [0.5, 0.6) is 0 Å². The molecule has 1 heterocycles. The molecule has 2 heteroatoms. The molecule has 0 unspecified atom stereocenters. The zero-order chi connectivity index (χ0) is 40.5. The van der Waals surface area contributed by atoms with Crippen molar-refractivity contribution in [1.82, 2.24) is 0 Å². The van der Waals surface area contributed by atoms with Crippen molar-refractivity contribution in [3.8, 4) is 45.2 Å². The summed E-state index contributed by atoms with van der Waals surface area (Å²) in [7, 11) is 0. The third-order valence-corrected chi connectivity index (χ3v) is 12.2. The van der Waals surface area contributed by atoms with Crippen molar-refractivity contribution in [2.75, 3.05) is 4.90 Å². The molecular weight excluding hydrogens is 739 g/mol. The van der Waals surface area contributed by atoms with Crippen molar-refractivity contribution in [2.24, 2.45) is 0 Å². The molecule has 8 aromatic carbocycles. The highest BCUT2D eigenvalue weighted by atomic mass is 16.3. The van der Waals surface area contributed by atoms with Crippen molar-refractivity contribution in [2.45, 2.75) is 19.3 Å². The van der Waals surface area contributed by atoms with Gasteiger partial charge in [-0.3, -0.25) is 0 Å². The maximum Gasteiger partial charge on any atom is 0.144 e. The molecule has 0 bridgehead atoms. The minimum Gasteiger partial charge on any atom is -0.455 e. The fraction of sp³-hybridized carbons (Fsp3) is 0.0508. The summed E-state index contributed by atoms with van der Waals surface area (Å²) >= 11 is 0. The first-order valence-corrected chi connectivity index (χ1v) is 21.1. The Balaban J connectivity index is 1.02. The fourth-order valence-electron chi connectivity index (χ4n) is 9.14. The average Bonchev–Trinajstić information content (AvgIpc) is 3.57. The highest BCUT2D eigenvalue weighted by Crippen LogP contribution is 2.41. The van der Waals surface area contributed by atoms with E-state index in [9.17, 15) is 0 Å². The Morgan fingerprint density at radius 3 is 1.97 bits per heavy atom. The third kappa shape index (κ3) is 6.87. The SMILES string of the molecule is C1#CCC(c2ccccc2N(C2=CC=C(c3ccc(-c4ccccc4)cc3)CC2)c2ccc(-c3cccc(-c4cccc5ccccc45)c3)cc2)=c2c(oc3ccccc23)=C1.